The van der Waals surface area contributed by atoms with Crippen molar-refractivity contribution in [1.82, 2.24) is 4.90 Å². The van der Waals surface area contributed by atoms with E-state index >= 15 is 0 Å². The first kappa shape index (κ1) is 16.2. The molecule has 0 saturated heterocycles. The second-order valence-corrected chi connectivity index (χ2v) is 6.20. The first-order valence-electron chi connectivity index (χ1n) is 5.77. The number of aliphatic carboxylic acids is 1. The van der Waals surface area contributed by atoms with Crippen molar-refractivity contribution in [3.63, 3.8) is 0 Å². The molecule has 0 unspecified atom stereocenters. The van der Waals surface area contributed by atoms with Crippen LogP contribution in [0.1, 0.15) is 24.2 Å². The van der Waals surface area contributed by atoms with E-state index in [9.17, 15) is 9.59 Å². The fraction of sp³-hybridized carbons (Fsp3) is 0.385. The summed E-state index contributed by atoms with van der Waals surface area (Å²) in [7, 11) is 0. The molecule has 1 aromatic rings. The van der Waals surface area contributed by atoms with Crippen LogP contribution in [0.2, 0.25) is 5.02 Å². The molecule has 1 amide bonds. The zero-order valence-electron chi connectivity index (χ0n) is 10.7. The van der Waals surface area contributed by atoms with Gasteiger partial charge in [-0.15, -0.1) is 0 Å². The Morgan fingerprint density at radius 3 is 2.58 bits per heavy atom. The van der Waals surface area contributed by atoms with Crippen molar-refractivity contribution in [3.8, 4) is 0 Å². The van der Waals surface area contributed by atoms with Gasteiger partial charge in [0.05, 0.1) is 5.56 Å². The van der Waals surface area contributed by atoms with Crippen molar-refractivity contribution in [2.24, 2.45) is 5.92 Å². The van der Waals surface area contributed by atoms with Gasteiger partial charge in [-0.3, -0.25) is 9.59 Å². The topological polar surface area (TPSA) is 57.6 Å². The number of halogens is 2. The van der Waals surface area contributed by atoms with E-state index in [2.05, 4.69) is 0 Å². The van der Waals surface area contributed by atoms with E-state index in [1.807, 2.05) is 36.4 Å². The molecule has 0 aromatic heterocycles. The maximum Gasteiger partial charge on any atom is 0.323 e. The van der Waals surface area contributed by atoms with Crippen LogP contribution in [0.4, 0.5) is 0 Å². The molecule has 0 saturated carbocycles. The minimum Gasteiger partial charge on any atom is -0.480 e. The van der Waals surface area contributed by atoms with Crippen LogP contribution in [0.15, 0.2) is 18.2 Å². The van der Waals surface area contributed by atoms with Gasteiger partial charge in [0.15, 0.2) is 0 Å². The number of carboxylic acids is 1. The number of carboxylic acid groups (broad SMARTS) is 1. The summed E-state index contributed by atoms with van der Waals surface area (Å²) in [5, 5.41) is 9.36. The van der Waals surface area contributed by atoms with Crippen molar-refractivity contribution >= 4 is 46.1 Å². The molecule has 1 N–H and O–H groups in total. The normalized spacial score (nSPS) is 10.6. The third kappa shape index (κ3) is 4.99. The number of nitrogens with zero attached hydrogens (tertiary/aromatic N) is 1. The first-order chi connectivity index (χ1) is 8.81. The maximum absolute atomic E-state index is 12.4. The Kier molecular flexibility index (Phi) is 6.06. The highest BCUT2D eigenvalue weighted by Gasteiger charge is 2.21. The lowest BCUT2D eigenvalue weighted by atomic mass is 10.1. The minimum absolute atomic E-state index is 0.195. The molecule has 0 radical (unpaired) electrons. The highest BCUT2D eigenvalue weighted by molar-refractivity contribution is 14.1. The van der Waals surface area contributed by atoms with Crippen molar-refractivity contribution < 1.29 is 14.7 Å². The van der Waals surface area contributed by atoms with Gasteiger partial charge in [0.1, 0.15) is 6.54 Å². The molecule has 1 rings (SSSR count). The van der Waals surface area contributed by atoms with Crippen LogP contribution in [-0.2, 0) is 4.79 Å². The first-order valence-corrected chi connectivity index (χ1v) is 7.23. The third-order valence-electron chi connectivity index (χ3n) is 2.36. The van der Waals surface area contributed by atoms with E-state index in [0.29, 0.717) is 17.1 Å². The molecule has 6 heteroatoms. The molecule has 0 heterocycles. The Morgan fingerprint density at radius 1 is 1.42 bits per heavy atom. The summed E-state index contributed by atoms with van der Waals surface area (Å²) in [4.78, 5) is 24.6. The van der Waals surface area contributed by atoms with E-state index in [0.717, 1.165) is 3.57 Å². The second-order valence-electron chi connectivity index (χ2n) is 4.60. The fourth-order valence-corrected chi connectivity index (χ4v) is 2.39. The maximum atomic E-state index is 12.4. The van der Waals surface area contributed by atoms with Crippen LogP contribution in [0, 0.1) is 9.49 Å². The van der Waals surface area contributed by atoms with E-state index in [1.165, 1.54) is 4.90 Å². The highest BCUT2D eigenvalue weighted by atomic mass is 127. The number of amides is 1. The Morgan fingerprint density at radius 2 is 2.05 bits per heavy atom. The molecule has 0 atom stereocenters. The van der Waals surface area contributed by atoms with Gasteiger partial charge in [-0.2, -0.15) is 0 Å². The molecule has 0 bridgehead atoms. The van der Waals surface area contributed by atoms with E-state index in [4.69, 9.17) is 16.7 Å². The monoisotopic (exact) mass is 395 g/mol. The summed E-state index contributed by atoms with van der Waals surface area (Å²) in [5.74, 6) is -1.13. The lowest BCUT2D eigenvalue weighted by Crippen LogP contribution is -2.38. The summed E-state index contributed by atoms with van der Waals surface area (Å²) < 4.78 is 0.756. The number of carbonyl (C=O) groups excluding carboxylic acids is 1. The van der Waals surface area contributed by atoms with Gasteiger partial charge in [-0.05, 0) is 46.7 Å². The number of carbonyl (C=O) groups is 2. The zero-order chi connectivity index (χ0) is 14.6. The van der Waals surface area contributed by atoms with Gasteiger partial charge in [0.25, 0.3) is 5.91 Å². The van der Waals surface area contributed by atoms with Gasteiger partial charge in [-0.1, -0.05) is 25.4 Å². The summed E-state index contributed by atoms with van der Waals surface area (Å²) in [5.41, 5.74) is 0.440. The average molecular weight is 396 g/mol. The van der Waals surface area contributed by atoms with Crippen LogP contribution in [0.3, 0.4) is 0 Å². The lowest BCUT2D eigenvalue weighted by Gasteiger charge is -2.23. The molecule has 4 nitrogen and oxygen atoms in total. The summed E-state index contributed by atoms with van der Waals surface area (Å²) in [6.07, 6.45) is 0. The van der Waals surface area contributed by atoms with Gasteiger partial charge in [-0.25, -0.2) is 0 Å². The van der Waals surface area contributed by atoms with Crippen LogP contribution in [0.25, 0.3) is 0 Å². The molecular weight excluding hydrogens is 381 g/mol. The Balaban J connectivity index is 3.03. The van der Waals surface area contributed by atoms with Crippen molar-refractivity contribution in [1.29, 1.82) is 0 Å². The number of rotatable bonds is 5. The molecule has 1 aromatic carbocycles. The molecule has 19 heavy (non-hydrogen) atoms. The third-order valence-corrected chi connectivity index (χ3v) is 3.53. The Labute approximate surface area is 130 Å². The van der Waals surface area contributed by atoms with Gasteiger partial charge in [0.2, 0.25) is 0 Å². The molecule has 0 spiro atoms. The summed E-state index contributed by atoms with van der Waals surface area (Å²) in [6, 6.07) is 5.01. The van der Waals surface area contributed by atoms with Crippen LogP contribution in [-0.4, -0.2) is 35.0 Å². The fourth-order valence-electron chi connectivity index (χ4n) is 1.66. The minimum atomic E-state index is -1.02. The molecule has 0 aliphatic carbocycles. The molecule has 0 aliphatic rings. The largest absolute Gasteiger partial charge is 0.480 e. The van der Waals surface area contributed by atoms with Crippen molar-refractivity contribution in [2.75, 3.05) is 13.1 Å². The number of hydrogen-bond donors (Lipinski definition) is 1. The predicted octanol–water partition coefficient (Wildman–Crippen LogP) is 3.13. The second kappa shape index (κ2) is 7.09. The number of benzene rings is 1. The quantitative estimate of drug-likeness (QED) is 0.779. The van der Waals surface area contributed by atoms with Crippen LogP contribution in [0.5, 0.6) is 0 Å². The van der Waals surface area contributed by atoms with Crippen LogP contribution < -0.4 is 0 Å². The molecule has 104 valence electrons. The molecular formula is C13H15ClINO3. The highest BCUT2D eigenvalue weighted by Crippen LogP contribution is 2.20. The zero-order valence-corrected chi connectivity index (χ0v) is 13.6. The van der Waals surface area contributed by atoms with Crippen molar-refractivity contribution in [3.05, 3.63) is 32.4 Å². The van der Waals surface area contributed by atoms with Gasteiger partial charge >= 0.3 is 5.97 Å². The average Bonchev–Trinajstić information content (AvgIpc) is 2.29. The summed E-state index contributed by atoms with van der Waals surface area (Å²) >= 11 is 7.93. The standard InChI is InChI=1S/C13H15ClINO3/c1-8(2)6-16(7-12(17)18)13(19)10-5-9(14)3-4-11(10)15/h3-5,8H,6-7H2,1-2H3,(H,17,18). The van der Waals surface area contributed by atoms with Crippen molar-refractivity contribution in [2.45, 2.75) is 13.8 Å². The van der Waals surface area contributed by atoms with E-state index < -0.39 is 5.97 Å². The van der Waals surface area contributed by atoms with E-state index in [1.54, 1.807) is 18.2 Å². The van der Waals surface area contributed by atoms with Crippen LogP contribution >= 0.6 is 34.2 Å². The molecule has 0 fully saturated rings. The lowest BCUT2D eigenvalue weighted by molar-refractivity contribution is -0.137. The Bertz CT molecular complexity index is 491. The predicted molar refractivity (Wildman–Crippen MR) is 82.5 cm³/mol. The summed E-state index contributed by atoms with van der Waals surface area (Å²) in [6.45, 7) is 3.96. The van der Waals surface area contributed by atoms with Gasteiger partial charge in [0, 0.05) is 15.1 Å². The van der Waals surface area contributed by atoms with Gasteiger partial charge < -0.3 is 10.0 Å². The molecule has 0 aliphatic heterocycles. The number of hydrogen-bond acceptors (Lipinski definition) is 2. The smallest absolute Gasteiger partial charge is 0.323 e. The van der Waals surface area contributed by atoms with E-state index in [-0.39, 0.29) is 18.4 Å². The SMILES string of the molecule is CC(C)CN(CC(=O)O)C(=O)c1cc(Cl)ccc1I. The Hall–Kier alpha value is -0.820.